The van der Waals surface area contributed by atoms with Crippen LogP contribution >= 0.6 is 11.3 Å². The molecule has 1 heterocycles. The number of allylic oxidation sites excluding steroid dienone is 1. The van der Waals surface area contributed by atoms with Gasteiger partial charge in [-0.05, 0) is 6.92 Å². The van der Waals surface area contributed by atoms with Crippen molar-refractivity contribution in [2.45, 2.75) is 13.5 Å². The summed E-state index contributed by atoms with van der Waals surface area (Å²) < 4.78 is 1.58. The lowest BCUT2D eigenvalue weighted by Gasteiger charge is -1.90. The Morgan fingerprint density at radius 3 is 3.17 bits per heavy atom. The van der Waals surface area contributed by atoms with Crippen LogP contribution in [-0.2, 0) is 6.54 Å². The van der Waals surface area contributed by atoms with Crippen LogP contribution < -0.4 is 4.80 Å². The largest absolute Gasteiger partial charge is 0.233 e. The van der Waals surface area contributed by atoms with Gasteiger partial charge in [-0.15, -0.1) is 11.5 Å². The Bertz CT molecular complexity index is 351. The van der Waals surface area contributed by atoms with E-state index >= 15 is 0 Å². The lowest BCUT2D eigenvalue weighted by molar-refractivity contribution is 0.657. The highest BCUT2D eigenvalue weighted by Crippen LogP contribution is 1.95. The molecular formula is C6H8N4OS. The van der Waals surface area contributed by atoms with Crippen LogP contribution in [0.4, 0.5) is 0 Å². The van der Waals surface area contributed by atoms with Crippen LogP contribution in [0.25, 0.3) is 0 Å². The van der Waals surface area contributed by atoms with Gasteiger partial charge in [-0.2, -0.15) is 5.10 Å². The molecule has 0 bridgehead atoms. The average molecular weight is 184 g/mol. The van der Waals surface area contributed by atoms with Gasteiger partial charge in [0.2, 0.25) is 4.80 Å². The van der Waals surface area contributed by atoms with Crippen LogP contribution in [0.3, 0.4) is 0 Å². The quantitative estimate of drug-likeness (QED) is 0.400. The summed E-state index contributed by atoms with van der Waals surface area (Å²) in [5.41, 5.74) is 0. The van der Waals surface area contributed by atoms with E-state index in [0.717, 1.165) is 5.01 Å². The van der Waals surface area contributed by atoms with Gasteiger partial charge < -0.3 is 0 Å². The van der Waals surface area contributed by atoms with Crippen LogP contribution in [0.1, 0.15) is 5.01 Å². The molecule has 0 aromatic carbocycles. The van der Waals surface area contributed by atoms with Gasteiger partial charge in [-0.25, -0.2) is 4.68 Å². The molecule has 64 valence electrons. The molecule has 0 radical (unpaired) electrons. The normalized spacial score (nSPS) is 11.6. The molecule has 0 aliphatic rings. The zero-order chi connectivity index (χ0) is 8.97. The third kappa shape index (κ3) is 1.85. The van der Waals surface area contributed by atoms with Crippen molar-refractivity contribution in [3.63, 3.8) is 0 Å². The van der Waals surface area contributed by atoms with E-state index in [1.807, 2.05) is 6.92 Å². The maximum atomic E-state index is 9.86. The van der Waals surface area contributed by atoms with Crippen LogP contribution in [0.2, 0.25) is 0 Å². The van der Waals surface area contributed by atoms with Gasteiger partial charge in [-0.1, -0.05) is 22.5 Å². The number of hydrogen-bond donors (Lipinski definition) is 0. The summed E-state index contributed by atoms with van der Waals surface area (Å²) in [7, 11) is 0. The summed E-state index contributed by atoms with van der Waals surface area (Å²) in [4.78, 5) is 10.4. The van der Waals surface area contributed by atoms with Crippen LogP contribution in [0.5, 0.6) is 0 Å². The maximum Gasteiger partial charge on any atom is 0.232 e. The maximum absolute atomic E-state index is 9.86. The van der Waals surface area contributed by atoms with Gasteiger partial charge in [0.15, 0.2) is 0 Å². The summed E-state index contributed by atoms with van der Waals surface area (Å²) >= 11 is 1.32. The lowest BCUT2D eigenvalue weighted by atomic mass is 10.6. The van der Waals surface area contributed by atoms with Crippen LogP contribution in [-0.4, -0.2) is 9.78 Å². The van der Waals surface area contributed by atoms with E-state index in [2.05, 4.69) is 22.1 Å². The molecule has 1 aromatic heterocycles. The minimum Gasteiger partial charge on any atom is -0.233 e. The molecule has 0 fully saturated rings. The van der Waals surface area contributed by atoms with Crippen molar-refractivity contribution >= 4 is 11.3 Å². The van der Waals surface area contributed by atoms with E-state index in [1.165, 1.54) is 11.3 Å². The van der Waals surface area contributed by atoms with Crippen molar-refractivity contribution in [3.8, 4) is 0 Å². The number of aromatic nitrogens is 2. The highest BCUT2D eigenvalue weighted by molar-refractivity contribution is 7.08. The molecule has 12 heavy (non-hydrogen) atoms. The Morgan fingerprint density at radius 2 is 2.58 bits per heavy atom. The summed E-state index contributed by atoms with van der Waals surface area (Å²) in [6.07, 6.45) is 1.68. The fourth-order valence-corrected chi connectivity index (χ4v) is 1.46. The SMILES string of the molecule is C=CCn1nc(C)s/c1=N/N=O. The van der Waals surface area contributed by atoms with Gasteiger partial charge in [0.1, 0.15) is 5.01 Å². The molecule has 5 nitrogen and oxygen atoms in total. The lowest BCUT2D eigenvalue weighted by Crippen LogP contribution is -2.14. The van der Waals surface area contributed by atoms with Crippen molar-refractivity contribution in [2.75, 3.05) is 0 Å². The highest BCUT2D eigenvalue weighted by Gasteiger charge is 1.97. The molecule has 0 aliphatic carbocycles. The van der Waals surface area contributed by atoms with Gasteiger partial charge in [0.25, 0.3) is 0 Å². The fraction of sp³-hybridized carbons (Fsp3) is 0.333. The van der Waals surface area contributed by atoms with E-state index in [1.54, 1.807) is 10.8 Å². The number of rotatable bonds is 3. The second-order valence-corrected chi connectivity index (χ2v) is 3.22. The van der Waals surface area contributed by atoms with Gasteiger partial charge in [0.05, 0.1) is 11.8 Å². The molecule has 0 aliphatic heterocycles. The molecule has 0 saturated heterocycles. The molecule has 0 spiro atoms. The summed E-state index contributed by atoms with van der Waals surface area (Å²) in [5, 5.41) is 10.8. The average Bonchev–Trinajstić information content (AvgIpc) is 2.33. The van der Waals surface area contributed by atoms with Gasteiger partial charge in [0, 0.05) is 0 Å². The van der Waals surface area contributed by atoms with Crippen molar-refractivity contribution < 1.29 is 0 Å². The first kappa shape index (κ1) is 8.79. The van der Waals surface area contributed by atoms with Crippen molar-refractivity contribution in [3.05, 3.63) is 27.4 Å². The minimum absolute atomic E-state index is 0.502. The van der Waals surface area contributed by atoms with Crippen molar-refractivity contribution in [1.82, 2.24) is 9.78 Å². The number of nitrogens with zero attached hydrogens (tertiary/aromatic N) is 4. The molecule has 0 amide bonds. The third-order valence-corrected chi connectivity index (χ3v) is 2.00. The highest BCUT2D eigenvalue weighted by atomic mass is 32.1. The standard InChI is InChI=1S/C6H8N4OS/c1-3-4-10-6(7-9-11)12-5(2)8-10/h3H,1,4H2,2H3/b7-6+. The Labute approximate surface area is 73.0 Å². The molecule has 1 rings (SSSR count). The first-order valence-electron chi connectivity index (χ1n) is 3.29. The Balaban J connectivity index is 3.16. The van der Waals surface area contributed by atoms with E-state index in [4.69, 9.17) is 0 Å². The molecule has 0 N–H and O–H groups in total. The Hall–Kier alpha value is -1.30. The molecule has 0 unspecified atom stereocenters. The number of nitroso groups, excluding NO2 is 1. The first-order chi connectivity index (χ1) is 5.77. The molecule has 6 heteroatoms. The monoisotopic (exact) mass is 184 g/mol. The van der Waals surface area contributed by atoms with Gasteiger partial charge in [-0.3, -0.25) is 0 Å². The predicted molar refractivity (Wildman–Crippen MR) is 46.4 cm³/mol. The summed E-state index contributed by atoms with van der Waals surface area (Å²) in [6.45, 7) is 5.94. The minimum atomic E-state index is 0.502. The topological polar surface area (TPSA) is 59.6 Å². The molecule has 0 atom stereocenters. The second kappa shape index (κ2) is 3.91. The van der Waals surface area contributed by atoms with Gasteiger partial charge >= 0.3 is 0 Å². The zero-order valence-corrected chi connectivity index (χ0v) is 7.41. The number of aryl methyl sites for hydroxylation is 1. The van der Waals surface area contributed by atoms with Crippen LogP contribution in [0.15, 0.2) is 23.0 Å². The smallest absolute Gasteiger partial charge is 0.232 e. The molecule has 1 aromatic rings. The van der Waals surface area contributed by atoms with Crippen molar-refractivity contribution in [1.29, 1.82) is 0 Å². The first-order valence-corrected chi connectivity index (χ1v) is 4.11. The fourth-order valence-electron chi connectivity index (χ4n) is 0.766. The van der Waals surface area contributed by atoms with E-state index in [-0.39, 0.29) is 0 Å². The predicted octanol–water partition coefficient (Wildman–Crippen LogP) is 1.02. The second-order valence-electron chi connectivity index (χ2n) is 2.06. The Kier molecular flexibility index (Phi) is 2.87. The summed E-state index contributed by atoms with van der Waals surface area (Å²) in [6, 6.07) is 0. The summed E-state index contributed by atoms with van der Waals surface area (Å²) in [5.74, 6) is 0. The van der Waals surface area contributed by atoms with E-state index in [0.29, 0.717) is 11.3 Å². The molecular weight excluding hydrogens is 176 g/mol. The van der Waals surface area contributed by atoms with Crippen molar-refractivity contribution in [2.24, 2.45) is 10.4 Å². The third-order valence-electron chi connectivity index (χ3n) is 1.15. The van der Waals surface area contributed by atoms with E-state index < -0.39 is 0 Å². The Morgan fingerprint density at radius 1 is 1.83 bits per heavy atom. The van der Waals surface area contributed by atoms with E-state index in [9.17, 15) is 4.91 Å². The number of hydrogen-bond acceptors (Lipinski definition) is 4. The molecule has 0 saturated carbocycles. The zero-order valence-electron chi connectivity index (χ0n) is 6.60. The van der Waals surface area contributed by atoms with Crippen LogP contribution in [0, 0.1) is 11.8 Å².